The monoisotopic (exact) mass is 340 g/mol. The number of hydrogen-bond donors (Lipinski definition) is 1. The fraction of sp³-hybridized carbons (Fsp3) is 0.263. The van der Waals surface area contributed by atoms with E-state index in [-0.39, 0.29) is 17.1 Å². The molecule has 0 radical (unpaired) electrons. The van der Waals surface area contributed by atoms with Crippen molar-refractivity contribution in [3.63, 3.8) is 0 Å². The lowest BCUT2D eigenvalue weighted by Crippen LogP contribution is -2.27. The number of para-hydroxylation sites is 2. The van der Waals surface area contributed by atoms with Crippen molar-refractivity contribution >= 4 is 35.0 Å². The minimum Gasteiger partial charge on any atom is -0.323 e. The summed E-state index contributed by atoms with van der Waals surface area (Å²) in [5, 5.41) is 2.75. The van der Waals surface area contributed by atoms with E-state index in [1.54, 1.807) is 4.90 Å². The molecule has 1 aliphatic rings. The zero-order valence-electron chi connectivity index (χ0n) is 13.6. The number of thioether (sulfide) groups is 1. The Morgan fingerprint density at radius 2 is 1.83 bits per heavy atom. The molecule has 2 aromatic carbocycles. The highest BCUT2D eigenvalue weighted by atomic mass is 32.2. The van der Waals surface area contributed by atoms with Gasteiger partial charge in [0.2, 0.25) is 11.8 Å². The van der Waals surface area contributed by atoms with E-state index in [1.807, 2.05) is 61.5 Å². The van der Waals surface area contributed by atoms with Crippen LogP contribution in [0.4, 0.5) is 11.4 Å². The molecule has 0 spiro atoms. The molecule has 24 heavy (non-hydrogen) atoms. The van der Waals surface area contributed by atoms with Crippen molar-refractivity contribution in [1.82, 2.24) is 0 Å². The summed E-state index contributed by atoms with van der Waals surface area (Å²) in [7, 11) is 0. The maximum atomic E-state index is 12.5. The van der Waals surface area contributed by atoms with Crippen molar-refractivity contribution in [2.24, 2.45) is 0 Å². The second-order valence-corrected chi connectivity index (χ2v) is 7.14. The first-order valence-corrected chi connectivity index (χ1v) is 8.95. The smallest absolute Gasteiger partial charge is 0.237 e. The van der Waals surface area contributed by atoms with E-state index in [0.717, 1.165) is 17.0 Å². The average Bonchev–Trinajstić information content (AvgIpc) is 3.02. The molecule has 5 heteroatoms. The predicted octanol–water partition coefficient (Wildman–Crippen LogP) is 3.93. The van der Waals surface area contributed by atoms with Gasteiger partial charge >= 0.3 is 0 Å². The molecule has 3 rings (SSSR count). The molecule has 0 aliphatic carbocycles. The van der Waals surface area contributed by atoms with E-state index in [1.165, 1.54) is 11.8 Å². The maximum absolute atomic E-state index is 12.5. The summed E-state index contributed by atoms with van der Waals surface area (Å²) < 4.78 is 0. The third-order valence-corrected chi connectivity index (χ3v) is 5.06. The predicted molar refractivity (Wildman–Crippen MR) is 98.4 cm³/mol. The molecule has 1 aliphatic heterocycles. The zero-order chi connectivity index (χ0) is 16.9. The van der Waals surface area contributed by atoms with Gasteiger partial charge in [0.1, 0.15) is 0 Å². The summed E-state index contributed by atoms with van der Waals surface area (Å²) in [6, 6.07) is 17.3. The molecule has 0 aromatic heterocycles. The molecule has 1 unspecified atom stereocenters. The Bertz CT molecular complexity index is 733. The van der Waals surface area contributed by atoms with Crippen LogP contribution in [0.15, 0.2) is 59.5 Å². The standard InChI is InChI=1S/C19H20N2O2S/c1-14(24-15-8-3-2-4-9-15)19(23)20-16-10-5-6-11-17(16)21-13-7-12-18(21)22/h2-6,8-11,14H,7,12-13H2,1H3,(H,20,23). The van der Waals surface area contributed by atoms with Crippen LogP contribution in [-0.4, -0.2) is 23.6 Å². The summed E-state index contributed by atoms with van der Waals surface area (Å²) in [5.41, 5.74) is 1.48. The normalized spacial score (nSPS) is 15.4. The molecule has 4 nitrogen and oxygen atoms in total. The summed E-state index contributed by atoms with van der Waals surface area (Å²) >= 11 is 1.52. The van der Waals surface area contributed by atoms with Crippen LogP contribution in [0.2, 0.25) is 0 Å². The van der Waals surface area contributed by atoms with E-state index in [0.29, 0.717) is 18.7 Å². The zero-order valence-corrected chi connectivity index (χ0v) is 14.4. The largest absolute Gasteiger partial charge is 0.323 e. The van der Waals surface area contributed by atoms with Gasteiger partial charge in [-0.15, -0.1) is 11.8 Å². The number of carbonyl (C=O) groups is 2. The third kappa shape index (κ3) is 3.79. The molecule has 1 heterocycles. The summed E-state index contributed by atoms with van der Waals surface area (Å²) in [4.78, 5) is 27.3. The van der Waals surface area contributed by atoms with Gasteiger partial charge in [0.05, 0.1) is 16.6 Å². The molecular weight excluding hydrogens is 320 g/mol. The second-order valence-electron chi connectivity index (χ2n) is 5.73. The van der Waals surface area contributed by atoms with Crippen molar-refractivity contribution in [2.45, 2.75) is 29.9 Å². The van der Waals surface area contributed by atoms with Crippen LogP contribution in [0, 0.1) is 0 Å². The van der Waals surface area contributed by atoms with Gasteiger partial charge in [-0.05, 0) is 37.6 Å². The van der Waals surface area contributed by atoms with Gasteiger partial charge in [-0.1, -0.05) is 30.3 Å². The maximum Gasteiger partial charge on any atom is 0.237 e. The number of carbonyl (C=O) groups excluding carboxylic acids is 2. The molecule has 0 bridgehead atoms. The SMILES string of the molecule is CC(Sc1ccccc1)C(=O)Nc1ccccc1N1CCCC1=O. The Hall–Kier alpha value is -2.27. The summed E-state index contributed by atoms with van der Waals surface area (Å²) in [6.45, 7) is 2.59. The molecule has 1 atom stereocenters. The highest BCUT2D eigenvalue weighted by molar-refractivity contribution is 8.00. The quantitative estimate of drug-likeness (QED) is 0.839. The van der Waals surface area contributed by atoms with E-state index >= 15 is 0 Å². The first-order valence-electron chi connectivity index (χ1n) is 8.07. The minimum atomic E-state index is -0.227. The van der Waals surface area contributed by atoms with Crippen molar-refractivity contribution < 1.29 is 9.59 Å². The van der Waals surface area contributed by atoms with Gasteiger partial charge in [0.15, 0.2) is 0 Å². The molecule has 2 aromatic rings. The third-order valence-electron chi connectivity index (χ3n) is 3.95. The first kappa shape index (κ1) is 16.6. The fourth-order valence-corrected chi connectivity index (χ4v) is 3.60. The Kier molecular flexibility index (Phi) is 5.20. The second kappa shape index (κ2) is 7.53. The number of hydrogen-bond acceptors (Lipinski definition) is 3. The number of nitrogens with one attached hydrogen (secondary N) is 1. The van der Waals surface area contributed by atoms with Crippen LogP contribution < -0.4 is 10.2 Å². The van der Waals surface area contributed by atoms with Crippen LogP contribution >= 0.6 is 11.8 Å². The van der Waals surface area contributed by atoms with E-state index in [9.17, 15) is 9.59 Å². The molecule has 1 saturated heterocycles. The van der Waals surface area contributed by atoms with Crippen LogP contribution in [0.1, 0.15) is 19.8 Å². The van der Waals surface area contributed by atoms with Gasteiger partial charge in [-0.2, -0.15) is 0 Å². The van der Waals surface area contributed by atoms with Crippen LogP contribution in [0.25, 0.3) is 0 Å². The highest BCUT2D eigenvalue weighted by Gasteiger charge is 2.24. The summed E-state index contributed by atoms with van der Waals surface area (Å²) in [5.74, 6) is 0.0476. The summed E-state index contributed by atoms with van der Waals surface area (Å²) in [6.07, 6.45) is 1.43. The van der Waals surface area contributed by atoms with E-state index in [4.69, 9.17) is 0 Å². The Balaban J connectivity index is 1.71. The van der Waals surface area contributed by atoms with Crippen molar-refractivity contribution in [3.8, 4) is 0 Å². The Labute approximate surface area is 146 Å². The molecule has 2 amide bonds. The average molecular weight is 340 g/mol. The van der Waals surface area contributed by atoms with E-state index < -0.39 is 0 Å². The molecule has 0 saturated carbocycles. The van der Waals surface area contributed by atoms with Crippen LogP contribution in [0.5, 0.6) is 0 Å². The van der Waals surface area contributed by atoms with Gasteiger partial charge in [0.25, 0.3) is 0 Å². The number of anilines is 2. The Morgan fingerprint density at radius 1 is 1.12 bits per heavy atom. The van der Waals surface area contributed by atoms with E-state index in [2.05, 4.69) is 5.32 Å². The molecule has 1 N–H and O–H groups in total. The fourth-order valence-electron chi connectivity index (χ4n) is 2.71. The van der Waals surface area contributed by atoms with Gasteiger partial charge in [-0.25, -0.2) is 0 Å². The van der Waals surface area contributed by atoms with Crippen LogP contribution in [-0.2, 0) is 9.59 Å². The number of rotatable bonds is 5. The van der Waals surface area contributed by atoms with Gasteiger partial charge < -0.3 is 10.2 Å². The van der Waals surface area contributed by atoms with Crippen molar-refractivity contribution in [2.75, 3.05) is 16.8 Å². The molecule has 1 fully saturated rings. The lowest BCUT2D eigenvalue weighted by Gasteiger charge is -2.21. The van der Waals surface area contributed by atoms with Crippen LogP contribution in [0.3, 0.4) is 0 Å². The van der Waals surface area contributed by atoms with Crippen molar-refractivity contribution in [3.05, 3.63) is 54.6 Å². The lowest BCUT2D eigenvalue weighted by molar-refractivity contribution is -0.117. The minimum absolute atomic E-state index is 0.0667. The number of nitrogens with zero attached hydrogens (tertiary/aromatic N) is 1. The van der Waals surface area contributed by atoms with Gasteiger partial charge in [-0.3, -0.25) is 9.59 Å². The molecular formula is C19H20N2O2S. The van der Waals surface area contributed by atoms with Gasteiger partial charge in [0, 0.05) is 17.9 Å². The number of amides is 2. The van der Waals surface area contributed by atoms with Crippen molar-refractivity contribution in [1.29, 1.82) is 0 Å². The highest BCUT2D eigenvalue weighted by Crippen LogP contribution is 2.30. The Morgan fingerprint density at radius 3 is 2.54 bits per heavy atom. The molecule has 124 valence electrons. The lowest BCUT2D eigenvalue weighted by atomic mass is 10.2. The first-order chi connectivity index (χ1) is 11.6. The number of benzene rings is 2. The topological polar surface area (TPSA) is 49.4 Å².